The van der Waals surface area contributed by atoms with Gasteiger partial charge in [-0.15, -0.1) is 11.6 Å². The summed E-state index contributed by atoms with van der Waals surface area (Å²) in [7, 11) is 3.06. The van der Waals surface area contributed by atoms with Crippen molar-refractivity contribution in [2.24, 2.45) is 0 Å². The highest BCUT2D eigenvalue weighted by atomic mass is 35.5. The minimum absolute atomic E-state index is 0.104. The number of alkyl halides is 1. The average Bonchev–Trinajstić information content (AvgIpc) is 2.26. The third-order valence-electron chi connectivity index (χ3n) is 1.92. The number of hydrogen-bond donors (Lipinski definition) is 1. The lowest BCUT2D eigenvalue weighted by atomic mass is 10.1. The zero-order valence-electron chi connectivity index (χ0n) is 8.66. The molecule has 1 rings (SSSR count). The van der Waals surface area contributed by atoms with Gasteiger partial charge in [0, 0.05) is 18.0 Å². The van der Waals surface area contributed by atoms with E-state index < -0.39 is 0 Å². The fourth-order valence-corrected chi connectivity index (χ4v) is 1.29. The zero-order chi connectivity index (χ0) is 11.3. The Bertz CT molecular complexity index is 361. The molecule has 0 aliphatic carbocycles. The molecule has 15 heavy (non-hydrogen) atoms. The highest BCUT2D eigenvalue weighted by Gasteiger charge is 2.08. The lowest BCUT2D eigenvalue weighted by molar-refractivity contribution is 0.384. The number of ether oxygens (including phenoxy) is 2. The van der Waals surface area contributed by atoms with Crippen molar-refractivity contribution in [2.75, 3.05) is 20.1 Å². The predicted molar refractivity (Wildman–Crippen MR) is 61.0 cm³/mol. The molecular weight excluding hydrogens is 216 g/mol. The highest BCUT2D eigenvalue weighted by molar-refractivity contribution is 6.19. The standard InChI is InChI=1S/C11H13ClO3/c1-14-8-6-10(13)9(4-3-5-12)11(7-8)15-2/h3-4,6-7,13H,5H2,1-2H3. The van der Waals surface area contributed by atoms with Gasteiger partial charge in [0.05, 0.1) is 19.8 Å². The lowest BCUT2D eigenvalue weighted by Crippen LogP contribution is -1.90. The summed E-state index contributed by atoms with van der Waals surface area (Å²) in [5.74, 6) is 1.59. The van der Waals surface area contributed by atoms with E-state index >= 15 is 0 Å². The monoisotopic (exact) mass is 228 g/mol. The van der Waals surface area contributed by atoms with Crippen molar-refractivity contribution >= 4 is 17.7 Å². The van der Waals surface area contributed by atoms with Gasteiger partial charge in [-0.05, 0) is 0 Å². The average molecular weight is 229 g/mol. The molecule has 0 spiro atoms. The smallest absolute Gasteiger partial charge is 0.133 e. The summed E-state index contributed by atoms with van der Waals surface area (Å²) in [6.07, 6.45) is 3.44. The van der Waals surface area contributed by atoms with Crippen LogP contribution < -0.4 is 9.47 Å². The molecule has 0 fully saturated rings. The van der Waals surface area contributed by atoms with Gasteiger partial charge in [-0.25, -0.2) is 0 Å². The van der Waals surface area contributed by atoms with Gasteiger partial charge in [0.1, 0.15) is 17.2 Å². The SMILES string of the molecule is COc1cc(O)c(C=CCCl)c(OC)c1. The molecule has 0 bridgehead atoms. The van der Waals surface area contributed by atoms with Crippen molar-refractivity contribution < 1.29 is 14.6 Å². The van der Waals surface area contributed by atoms with Crippen LogP contribution in [0.3, 0.4) is 0 Å². The minimum atomic E-state index is 0.104. The van der Waals surface area contributed by atoms with Gasteiger partial charge in [0.15, 0.2) is 0 Å². The molecule has 0 saturated carbocycles. The summed E-state index contributed by atoms with van der Waals surface area (Å²) >= 11 is 5.52. The molecule has 0 aliphatic rings. The van der Waals surface area contributed by atoms with Crippen molar-refractivity contribution in [3.63, 3.8) is 0 Å². The molecule has 4 heteroatoms. The molecule has 0 aliphatic heterocycles. The van der Waals surface area contributed by atoms with Gasteiger partial charge in [-0.1, -0.05) is 12.2 Å². The van der Waals surface area contributed by atoms with Gasteiger partial charge in [0.25, 0.3) is 0 Å². The summed E-state index contributed by atoms with van der Waals surface area (Å²) in [6.45, 7) is 0. The van der Waals surface area contributed by atoms with E-state index in [-0.39, 0.29) is 5.75 Å². The maximum absolute atomic E-state index is 9.71. The molecule has 3 nitrogen and oxygen atoms in total. The maximum atomic E-state index is 9.71. The van der Waals surface area contributed by atoms with E-state index in [1.165, 1.54) is 20.3 Å². The quantitative estimate of drug-likeness (QED) is 0.806. The van der Waals surface area contributed by atoms with Crippen LogP contribution in [0.4, 0.5) is 0 Å². The van der Waals surface area contributed by atoms with Crippen molar-refractivity contribution in [1.82, 2.24) is 0 Å². The first kappa shape index (κ1) is 11.7. The van der Waals surface area contributed by atoms with E-state index in [1.54, 1.807) is 18.2 Å². The van der Waals surface area contributed by atoms with Crippen LogP contribution in [-0.2, 0) is 0 Å². The van der Waals surface area contributed by atoms with Crippen molar-refractivity contribution in [2.45, 2.75) is 0 Å². The van der Waals surface area contributed by atoms with Crippen LogP contribution in [0.25, 0.3) is 6.08 Å². The van der Waals surface area contributed by atoms with Crippen molar-refractivity contribution in [3.05, 3.63) is 23.8 Å². The highest BCUT2D eigenvalue weighted by Crippen LogP contribution is 2.34. The summed E-state index contributed by atoms with van der Waals surface area (Å²) in [5.41, 5.74) is 0.596. The molecule has 0 radical (unpaired) electrons. The fraction of sp³-hybridized carbons (Fsp3) is 0.273. The summed E-state index contributed by atoms with van der Waals surface area (Å²) in [5, 5.41) is 9.71. The van der Waals surface area contributed by atoms with Crippen LogP contribution >= 0.6 is 11.6 Å². The number of methoxy groups -OCH3 is 2. The first-order valence-electron chi connectivity index (χ1n) is 4.40. The molecule has 0 amide bonds. The number of hydrogen-bond acceptors (Lipinski definition) is 3. The van der Waals surface area contributed by atoms with Crippen LogP contribution in [0.5, 0.6) is 17.2 Å². The predicted octanol–water partition coefficient (Wildman–Crippen LogP) is 2.66. The Morgan fingerprint density at radius 1 is 1.33 bits per heavy atom. The number of benzene rings is 1. The van der Waals surface area contributed by atoms with Gasteiger partial charge < -0.3 is 14.6 Å². The zero-order valence-corrected chi connectivity index (χ0v) is 9.41. The number of halogens is 1. The van der Waals surface area contributed by atoms with Gasteiger partial charge in [-0.2, -0.15) is 0 Å². The van der Waals surface area contributed by atoms with E-state index in [1.807, 2.05) is 0 Å². The maximum Gasteiger partial charge on any atom is 0.133 e. The van der Waals surface area contributed by atoms with Crippen molar-refractivity contribution in [3.8, 4) is 17.2 Å². The van der Waals surface area contributed by atoms with Crippen molar-refractivity contribution in [1.29, 1.82) is 0 Å². The molecule has 82 valence electrons. The normalized spacial score (nSPS) is 10.6. The minimum Gasteiger partial charge on any atom is -0.507 e. The van der Waals surface area contributed by atoms with Crippen LogP contribution in [0.2, 0.25) is 0 Å². The van der Waals surface area contributed by atoms with Crippen LogP contribution in [-0.4, -0.2) is 25.2 Å². The first-order chi connectivity index (χ1) is 7.22. The van der Waals surface area contributed by atoms with Crippen LogP contribution in [0, 0.1) is 0 Å². The fourth-order valence-electron chi connectivity index (χ4n) is 1.20. The third-order valence-corrected chi connectivity index (χ3v) is 2.10. The number of phenols is 1. The number of allylic oxidation sites excluding steroid dienone is 1. The molecule has 0 heterocycles. The molecular formula is C11H13ClO3. The second-order valence-corrected chi connectivity index (χ2v) is 3.13. The van der Waals surface area contributed by atoms with Gasteiger partial charge in [0.2, 0.25) is 0 Å². The molecule has 0 aromatic heterocycles. The summed E-state index contributed by atoms with van der Waals surface area (Å²) < 4.78 is 10.1. The van der Waals surface area contributed by atoms with Crippen LogP contribution in [0.15, 0.2) is 18.2 Å². The molecule has 1 N–H and O–H groups in total. The Hall–Kier alpha value is -1.35. The van der Waals surface area contributed by atoms with E-state index in [2.05, 4.69) is 0 Å². The Labute approximate surface area is 93.9 Å². The van der Waals surface area contributed by atoms with Gasteiger partial charge >= 0.3 is 0 Å². The molecule has 0 unspecified atom stereocenters. The summed E-state index contributed by atoms with van der Waals surface area (Å²) in [6, 6.07) is 3.23. The largest absolute Gasteiger partial charge is 0.507 e. The molecule has 1 aromatic rings. The third kappa shape index (κ3) is 2.80. The molecule has 0 atom stereocenters. The van der Waals surface area contributed by atoms with E-state index in [9.17, 15) is 5.11 Å². The Balaban J connectivity index is 3.18. The molecule has 1 aromatic carbocycles. The molecule has 0 saturated heterocycles. The second-order valence-electron chi connectivity index (χ2n) is 2.82. The van der Waals surface area contributed by atoms with Gasteiger partial charge in [-0.3, -0.25) is 0 Å². The lowest BCUT2D eigenvalue weighted by Gasteiger charge is -2.09. The van der Waals surface area contributed by atoms with Crippen LogP contribution in [0.1, 0.15) is 5.56 Å². The Kier molecular flexibility index (Phi) is 4.31. The number of phenolic OH excluding ortho intramolecular Hbond substituents is 1. The number of aromatic hydroxyl groups is 1. The Morgan fingerprint density at radius 2 is 2.07 bits per heavy atom. The van der Waals surface area contributed by atoms with E-state index in [0.717, 1.165) is 0 Å². The summed E-state index contributed by atoms with van der Waals surface area (Å²) in [4.78, 5) is 0. The second kappa shape index (κ2) is 5.51. The number of rotatable bonds is 4. The Morgan fingerprint density at radius 3 is 2.60 bits per heavy atom. The topological polar surface area (TPSA) is 38.7 Å². The van der Waals surface area contributed by atoms with E-state index in [4.69, 9.17) is 21.1 Å². The van der Waals surface area contributed by atoms with E-state index in [0.29, 0.717) is 22.9 Å². The first-order valence-corrected chi connectivity index (χ1v) is 4.94.